The van der Waals surface area contributed by atoms with Crippen molar-refractivity contribution in [3.05, 3.63) is 82.1 Å². The fourth-order valence-corrected chi connectivity index (χ4v) is 3.36. The number of benzene rings is 2. The molecule has 1 aromatic heterocycles. The van der Waals surface area contributed by atoms with Gasteiger partial charge >= 0.3 is 6.18 Å². The van der Waals surface area contributed by atoms with Crippen LogP contribution in [0, 0.1) is 6.92 Å². The number of anilines is 1. The number of aromatic nitrogens is 1. The Morgan fingerprint density at radius 1 is 1.09 bits per heavy atom. The molecule has 2 amide bonds. The van der Waals surface area contributed by atoms with Crippen LogP contribution in [0.25, 0.3) is 0 Å². The number of ether oxygens (including phenoxy) is 1. The number of alkyl halides is 3. The number of hydrogen-bond donors (Lipinski definition) is 2. The Morgan fingerprint density at radius 3 is 2.53 bits per heavy atom. The van der Waals surface area contributed by atoms with Gasteiger partial charge < -0.3 is 15.4 Å². The van der Waals surface area contributed by atoms with Gasteiger partial charge in [0.05, 0.1) is 10.6 Å². The molecule has 0 bridgehead atoms. The lowest BCUT2D eigenvalue weighted by molar-refractivity contribution is -0.137. The van der Waals surface area contributed by atoms with Crippen molar-refractivity contribution < 1.29 is 27.5 Å². The molecule has 0 aliphatic carbocycles. The van der Waals surface area contributed by atoms with Crippen molar-refractivity contribution in [1.29, 1.82) is 0 Å². The van der Waals surface area contributed by atoms with E-state index in [4.69, 9.17) is 16.3 Å². The van der Waals surface area contributed by atoms with E-state index in [1.54, 1.807) is 18.2 Å². The van der Waals surface area contributed by atoms with Gasteiger partial charge in [-0.15, -0.1) is 0 Å². The highest BCUT2D eigenvalue weighted by molar-refractivity contribution is 6.31. The third kappa shape index (κ3) is 6.48. The zero-order chi connectivity index (χ0) is 24.9. The van der Waals surface area contributed by atoms with Crippen LogP contribution in [0.2, 0.25) is 5.02 Å². The van der Waals surface area contributed by atoms with Crippen LogP contribution in [0.15, 0.2) is 54.7 Å². The second-order valence-corrected chi connectivity index (χ2v) is 7.81. The summed E-state index contributed by atoms with van der Waals surface area (Å²) in [7, 11) is 1.51. The van der Waals surface area contributed by atoms with Crippen molar-refractivity contribution in [2.75, 3.05) is 12.4 Å². The van der Waals surface area contributed by atoms with E-state index in [-0.39, 0.29) is 23.7 Å². The van der Waals surface area contributed by atoms with Gasteiger partial charge in [-0.1, -0.05) is 23.7 Å². The van der Waals surface area contributed by atoms with E-state index in [0.29, 0.717) is 17.9 Å². The largest absolute Gasteiger partial charge is 0.457 e. The molecule has 3 aromatic rings. The summed E-state index contributed by atoms with van der Waals surface area (Å²) in [6.45, 7) is 1.84. The Balaban J connectivity index is 1.61. The molecule has 34 heavy (non-hydrogen) atoms. The van der Waals surface area contributed by atoms with Crippen molar-refractivity contribution in [2.45, 2.75) is 25.9 Å². The molecule has 0 atom stereocenters. The number of aryl methyl sites for hydroxylation is 2. The molecule has 6 nitrogen and oxygen atoms in total. The fourth-order valence-electron chi connectivity index (χ4n) is 3.14. The summed E-state index contributed by atoms with van der Waals surface area (Å²) in [6.07, 6.45) is -2.69. The smallest absolute Gasteiger partial charge is 0.417 e. The SMILES string of the molecule is CNC(=O)c1cc(Oc2ccc(CCC(=O)Nc3ccc(Cl)c(C(F)(F)F)c3)cc2C)ccn1. The molecule has 0 spiro atoms. The minimum absolute atomic E-state index is 0.0233. The first kappa shape index (κ1) is 25.0. The highest BCUT2D eigenvalue weighted by atomic mass is 35.5. The fraction of sp³-hybridized carbons (Fsp3) is 0.208. The molecule has 0 fully saturated rings. The van der Waals surface area contributed by atoms with Crippen LogP contribution in [-0.4, -0.2) is 23.8 Å². The summed E-state index contributed by atoms with van der Waals surface area (Å²) in [4.78, 5) is 28.0. The Bertz CT molecular complexity index is 1220. The molecular weight excluding hydrogens is 471 g/mol. The topological polar surface area (TPSA) is 80.3 Å². The standard InChI is InChI=1S/C24H21ClF3N3O3/c1-14-11-15(3-7-21(14)34-17-9-10-30-20(13-17)23(33)29-2)4-8-22(32)31-16-5-6-19(25)18(12-16)24(26,27)28/h3,5-7,9-13H,4,8H2,1-2H3,(H,29,33)(H,31,32). The second kappa shape index (κ2) is 10.6. The molecule has 10 heteroatoms. The van der Waals surface area contributed by atoms with Gasteiger partial charge in [0.2, 0.25) is 5.91 Å². The van der Waals surface area contributed by atoms with E-state index in [1.807, 2.05) is 13.0 Å². The first-order valence-corrected chi connectivity index (χ1v) is 10.6. The molecule has 1 heterocycles. The quantitative estimate of drug-likeness (QED) is 0.438. The Hall–Kier alpha value is -3.59. The molecule has 0 aliphatic heterocycles. The van der Waals surface area contributed by atoms with E-state index in [9.17, 15) is 22.8 Å². The molecule has 0 aliphatic rings. The number of nitrogens with zero attached hydrogens (tertiary/aromatic N) is 1. The summed E-state index contributed by atoms with van der Waals surface area (Å²) in [5, 5.41) is 4.53. The number of hydrogen-bond acceptors (Lipinski definition) is 4. The number of nitrogens with one attached hydrogen (secondary N) is 2. The van der Waals surface area contributed by atoms with Crippen molar-refractivity contribution in [3.63, 3.8) is 0 Å². The highest BCUT2D eigenvalue weighted by Crippen LogP contribution is 2.36. The third-order valence-electron chi connectivity index (χ3n) is 4.85. The van der Waals surface area contributed by atoms with Crippen LogP contribution in [0.5, 0.6) is 11.5 Å². The van der Waals surface area contributed by atoms with E-state index in [0.717, 1.165) is 23.3 Å². The van der Waals surface area contributed by atoms with Crippen LogP contribution in [-0.2, 0) is 17.4 Å². The Kier molecular flexibility index (Phi) is 7.78. The van der Waals surface area contributed by atoms with Crippen LogP contribution >= 0.6 is 11.6 Å². The number of amides is 2. The van der Waals surface area contributed by atoms with Gasteiger partial charge in [-0.25, -0.2) is 0 Å². The maximum atomic E-state index is 13.0. The van der Waals surface area contributed by atoms with Gasteiger partial charge in [-0.05, 0) is 54.8 Å². The number of pyridine rings is 1. The van der Waals surface area contributed by atoms with Crippen molar-refractivity contribution >= 4 is 29.1 Å². The normalized spacial score (nSPS) is 11.1. The van der Waals surface area contributed by atoms with Crippen LogP contribution < -0.4 is 15.4 Å². The molecule has 2 aromatic carbocycles. The summed E-state index contributed by atoms with van der Waals surface area (Å²) in [6, 6.07) is 11.8. The van der Waals surface area contributed by atoms with E-state index < -0.39 is 22.7 Å². The molecule has 0 saturated carbocycles. The monoisotopic (exact) mass is 491 g/mol. The average molecular weight is 492 g/mol. The van der Waals surface area contributed by atoms with Crippen LogP contribution in [0.4, 0.5) is 18.9 Å². The van der Waals surface area contributed by atoms with Crippen molar-refractivity contribution in [1.82, 2.24) is 10.3 Å². The van der Waals surface area contributed by atoms with Gasteiger partial charge in [-0.2, -0.15) is 13.2 Å². The minimum atomic E-state index is -4.61. The summed E-state index contributed by atoms with van der Waals surface area (Å²) in [5.74, 6) is 0.268. The first-order chi connectivity index (χ1) is 16.1. The van der Waals surface area contributed by atoms with Gasteiger partial charge in [0.1, 0.15) is 17.2 Å². The van der Waals surface area contributed by atoms with Crippen molar-refractivity contribution in [2.24, 2.45) is 0 Å². The lowest BCUT2D eigenvalue weighted by atomic mass is 10.1. The Morgan fingerprint density at radius 2 is 1.85 bits per heavy atom. The van der Waals surface area contributed by atoms with Crippen LogP contribution in [0.1, 0.15) is 33.6 Å². The maximum absolute atomic E-state index is 13.0. The number of carbonyl (C=O) groups is 2. The zero-order valence-corrected chi connectivity index (χ0v) is 19.1. The lowest BCUT2D eigenvalue weighted by Gasteiger charge is -2.12. The predicted molar refractivity (Wildman–Crippen MR) is 122 cm³/mol. The molecular formula is C24H21ClF3N3O3. The van der Waals surface area contributed by atoms with E-state index in [1.165, 1.54) is 25.4 Å². The first-order valence-electron chi connectivity index (χ1n) is 10.2. The highest BCUT2D eigenvalue weighted by Gasteiger charge is 2.33. The number of rotatable bonds is 7. The summed E-state index contributed by atoms with van der Waals surface area (Å²) >= 11 is 5.60. The molecule has 2 N–H and O–H groups in total. The van der Waals surface area contributed by atoms with Gasteiger partial charge in [0.15, 0.2) is 0 Å². The zero-order valence-electron chi connectivity index (χ0n) is 18.3. The molecule has 178 valence electrons. The average Bonchev–Trinajstić information content (AvgIpc) is 2.79. The number of halogens is 4. The maximum Gasteiger partial charge on any atom is 0.417 e. The van der Waals surface area contributed by atoms with Gasteiger partial charge in [0.25, 0.3) is 5.91 Å². The van der Waals surface area contributed by atoms with Crippen molar-refractivity contribution in [3.8, 4) is 11.5 Å². The predicted octanol–water partition coefficient (Wildman–Crippen LogP) is 5.79. The summed E-state index contributed by atoms with van der Waals surface area (Å²) < 4.78 is 44.8. The second-order valence-electron chi connectivity index (χ2n) is 7.40. The minimum Gasteiger partial charge on any atom is -0.457 e. The Labute approximate surface area is 199 Å². The third-order valence-corrected chi connectivity index (χ3v) is 5.18. The molecule has 0 unspecified atom stereocenters. The molecule has 0 saturated heterocycles. The lowest BCUT2D eigenvalue weighted by Crippen LogP contribution is -2.18. The van der Waals surface area contributed by atoms with E-state index >= 15 is 0 Å². The van der Waals surface area contributed by atoms with Gasteiger partial charge in [0, 0.05) is 31.4 Å². The molecule has 3 rings (SSSR count). The van der Waals surface area contributed by atoms with Crippen LogP contribution in [0.3, 0.4) is 0 Å². The summed E-state index contributed by atoms with van der Waals surface area (Å²) in [5.41, 5.74) is 0.907. The van der Waals surface area contributed by atoms with E-state index in [2.05, 4.69) is 15.6 Å². The number of carbonyl (C=O) groups excluding carboxylic acids is 2. The van der Waals surface area contributed by atoms with Gasteiger partial charge in [-0.3, -0.25) is 14.6 Å². The molecule has 0 radical (unpaired) electrons.